The maximum absolute atomic E-state index is 8.85. The van der Waals surface area contributed by atoms with Crippen LogP contribution in [0.25, 0.3) is 0 Å². The molecule has 19 heavy (non-hydrogen) atoms. The Morgan fingerprint density at radius 2 is 1.89 bits per heavy atom. The number of benzene rings is 2. The van der Waals surface area contributed by atoms with Gasteiger partial charge in [-0.1, -0.05) is 36.4 Å². The Morgan fingerprint density at radius 3 is 2.58 bits per heavy atom. The number of hydrogen-bond donors (Lipinski definition) is 1. The zero-order chi connectivity index (χ0) is 13.5. The molecule has 2 nitrogen and oxygen atoms in total. The van der Waals surface area contributed by atoms with Crippen LogP contribution in [0.4, 0.5) is 0 Å². The van der Waals surface area contributed by atoms with Crippen molar-refractivity contribution in [1.82, 2.24) is 0 Å². The molecule has 96 valence electrons. The van der Waals surface area contributed by atoms with Gasteiger partial charge >= 0.3 is 0 Å². The highest BCUT2D eigenvalue weighted by atomic mass is 32.1. The largest absolute Gasteiger partial charge is 0.493 e. The molecule has 0 amide bonds. The van der Waals surface area contributed by atoms with Gasteiger partial charge in [0.2, 0.25) is 0 Å². The second-order valence-corrected chi connectivity index (χ2v) is 4.61. The fraction of sp³-hybridized carbons (Fsp3) is 0.188. The standard InChI is InChI=1S/C16H15NOS/c17-10-13-5-4-8-16(9-13)18-11-15(12-19)14-6-2-1-3-7-14/h1-9,15,19H,11-12H2. The average molecular weight is 269 g/mol. The van der Waals surface area contributed by atoms with Gasteiger partial charge in [-0.15, -0.1) is 0 Å². The highest BCUT2D eigenvalue weighted by molar-refractivity contribution is 7.80. The second-order valence-electron chi connectivity index (χ2n) is 4.24. The molecule has 0 N–H and O–H groups in total. The van der Waals surface area contributed by atoms with E-state index in [9.17, 15) is 0 Å². The zero-order valence-electron chi connectivity index (χ0n) is 10.5. The zero-order valence-corrected chi connectivity index (χ0v) is 11.4. The highest BCUT2D eigenvalue weighted by Crippen LogP contribution is 2.20. The van der Waals surface area contributed by atoms with Crippen LogP contribution < -0.4 is 4.74 Å². The Kier molecular flexibility index (Phi) is 4.88. The molecule has 0 aliphatic carbocycles. The van der Waals surface area contributed by atoms with Gasteiger partial charge in [-0.25, -0.2) is 0 Å². The molecule has 1 atom stereocenters. The van der Waals surface area contributed by atoms with Crippen molar-refractivity contribution in [1.29, 1.82) is 5.26 Å². The van der Waals surface area contributed by atoms with Gasteiger partial charge in [-0.2, -0.15) is 17.9 Å². The Labute approximate surface area is 119 Å². The fourth-order valence-electron chi connectivity index (χ4n) is 1.83. The molecule has 0 saturated carbocycles. The molecule has 2 aromatic rings. The van der Waals surface area contributed by atoms with E-state index in [-0.39, 0.29) is 5.92 Å². The van der Waals surface area contributed by atoms with E-state index < -0.39 is 0 Å². The minimum absolute atomic E-state index is 0.246. The monoisotopic (exact) mass is 269 g/mol. The number of thiol groups is 1. The van der Waals surface area contributed by atoms with Crippen molar-refractivity contribution in [3.05, 3.63) is 65.7 Å². The van der Waals surface area contributed by atoms with E-state index in [1.54, 1.807) is 12.1 Å². The summed E-state index contributed by atoms with van der Waals surface area (Å²) in [5.41, 5.74) is 1.83. The average Bonchev–Trinajstić information content (AvgIpc) is 2.49. The van der Waals surface area contributed by atoms with Crippen molar-refractivity contribution in [2.45, 2.75) is 5.92 Å². The smallest absolute Gasteiger partial charge is 0.120 e. The molecule has 3 heteroatoms. The Bertz CT molecular complexity index is 562. The van der Waals surface area contributed by atoms with E-state index in [1.807, 2.05) is 30.3 Å². The SMILES string of the molecule is N#Cc1cccc(OCC(CS)c2ccccc2)c1. The van der Waals surface area contributed by atoms with E-state index in [0.717, 1.165) is 11.5 Å². The minimum atomic E-state index is 0.246. The lowest BCUT2D eigenvalue weighted by Crippen LogP contribution is -2.11. The first-order chi connectivity index (χ1) is 9.33. The molecule has 0 aliphatic heterocycles. The molecule has 0 fully saturated rings. The second kappa shape index (κ2) is 6.86. The fourth-order valence-corrected chi connectivity index (χ4v) is 2.15. The summed E-state index contributed by atoms with van der Waals surface area (Å²) in [4.78, 5) is 0. The predicted octanol–water partition coefficient (Wildman–Crippen LogP) is 3.65. The molecule has 1 unspecified atom stereocenters. The van der Waals surface area contributed by atoms with Gasteiger partial charge in [-0.3, -0.25) is 0 Å². The molecule has 0 aromatic heterocycles. The van der Waals surface area contributed by atoms with E-state index in [4.69, 9.17) is 10.00 Å². The maximum Gasteiger partial charge on any atom is 0.120 e. The van der Waals surface area contributed by atoms with E-state index >= 15 is 0 Å². The number of ether oxygens (including phenoxy) is 1. The predicted molar refractivity (Wildman–Crippen MR) is 79.7 cm³/mol. The first-order valence-corrected chi connectivity index (χ1v) is 6.75. The van der Waals surface area contributed by atoms with Gasteiger partial charge in [0, 0.05) is 11.7 Å². The van der Waals surface area contributed by atoms with Crippen LogP contribution in [-0.4, -0.2) is 12.4 Å². The van der Waals surface area contributed by atoms with Gasteiger partial charge in [0.25, 0.3) is 0 Å². The van der Waals surface area contributed by atoms with Gasteiger partial charge in [0.1, 0.15) is 5.75 Å². The third kappa shape index (κ3) is 3.77. The summed E-state index contributed by atoms with van der Waals surface area (Å²) >= 11 is 4.38. The lowest BCUT2D eigenvalue weighted by molar-refractivity contribution is 0.297. The summed E-state index contributed by atoms with van der Waals surface area (Å²) < 4.78 is 5.76. The molecule has 0 heterocycles. The van der Waals surface area contributed by atoms with Crippen molar-refractivity contribution in [2.24, 2.45) is 0 Å². The van der Waals surface area contributed by atoms with E-state index in [0.29, 0.717) is 12.2 Å². The van der Waals surface area contributed by atoms with Gasteiger partial charge in [0.05, 0.1) is 18.2 Å². The van der Waals surface area contributed by atoms with Crippen LogP contribution >= 0.6 is 12.6 Å². The molecule has 2 rings (SSSR count). The summed E-state index contributed by atoms with van der Waals surface area (Å²) in [7, 11) is 0. The van der Waals surface area contributed by atoms with Gasteiger partial charge in [-0.05, 0) is 23.8 Å². The number of hydrogen-bond acceptors (Lipinski definition) is 3. The van der Waals surface area contributed by atoms with Gasteiger partial charge < -0.3 is 4.74 Å². The normalized spacial score (nSPS) is 11.6. The molecule has 0 saturated heterocycles. The summed E-state index contributed by atoms with van der Waals surface area (Å²) in [6.45, 7) is 0.558. The molecule has 0 spiro atoms. The van der Waals surface area contributed by atoms with Crippen LogP contribution in [0.5, 0.6) is 5.75 Å². The van der Waals surface area contributed by atoms with Crippen LogP contribution in [0.2, 0.25) is 0 Å². The number of rotatable bonds is 5. The summed E-state index contributed by atoms with van der Waals surface area (Å²) in [6.07, 6.45) is 0. The Morgan fingerprint density at radius 1 is 1.11 bits per heavy atom. The first kappa shape index (κ1) is 13.5. The summed E-state index contributed by atoms with van der Waals surface area (Å²) in [6, 6.07) is 19.5. The van der Waals surface area contributed by atoms with Crippen molar-refractivity contribution in [3.63, 3.8) is 0 Å². The molecule has 0 aliphatic rings. The summed E-state index contributed by atoms with van der Waals surface area (Å²) in [5.74, 6) is 1.69. The van der Waals surface area contributed by atoms with Crippen LogP contribution in [0.3, 0.4) is 0 Å². The molecule has 0 radical (unpaired) electrons. The molecule has 2 aromatic carbocycles. The molecular weight excluding hydrogens is 254 g/mol. The van der Waals surface area contributed by atoms with Crippen molar-refractivity contribution in [3.8, 4) is 11.8 Å². The first-order valence-electron chi connectivity index (χ1n) is 6.12. The third-order valence-corrected chi connectivity index (χ3v) is 3.35. The van der Waals surface area contributed by atoms with Crippen molar-refractivity contribution in [2.75, 3.05) is 12.4 Å². The van der Waals surface area contributed by atoms with Crippen LogP contribution in [0.15, 0.2) is 54.6 Å². The Hall–Kier alpha value is -1.92. The van der Waals surface area contributed by atoms with Crippen LogP contribution in [0, 0.1) is 11.3 Å². The third-order valence-electron chi connectivity index (χ3n) is 2.91. The number of nitriles is 1. The minimum Gasteiger partial charge on any atom is -0.493 e. The van der Waals surface area contributed by atoms with E-state index in [1.165, 1.54) is 5.56 Å². The Balaban J connectivity index is 2.02. The summed E-state index contributed by atoms with van der Waals surface area (Å²) in [5, 5.41) is 8.85. The van der Waals surface area contributed by atoms with Gasteiger partial charge in [0.15, 0.2) is 0 Å². The lowest BCUT2D eigenvalue weighted by atomic mass is 10.0. The topological polar surface area (TPSA) is 33.0 Å². The lowest BCUT2D eigenvalue weighted by Gasteiger charge is -2.16. The number of nitrogens with zero attached hydrogens (tertiary/aromatic N) is 1. The van der Waals surface area contributed by atoms with Crippen LogP contribution in [0.1, 0.15) is 17.0 Å². The quantitative estimate of drug-likeness (QED) is 0.840. The maximum atomic E-state index is 8.85. The molecule has 0 bridgehead atoms. The molecular formula is C16H15NOS. The van der Waals surface area contributed by atoms with Crippen LogP contribution in [-0.2, 0) is 0 Å². The highest BCUT2D eigenvalue weighted by Gasteiger charge is 2.10. The van der Waals surface area contributed by atoms with E-state index in [2.05, 4.69) is 30.8 Å². The van der Waals surface area contributed by atoms with Crippen molar-refractivity contribution < 1.29 is 4.74 Å². The van der Waals surface area contributed by atoms with Crippen molar-refractivity contribution >= 4 is 12.6 Å².